The van der Waals surface area contributed by atoms with E-state index in [0.29, 0.717) is 10.0 Å². The van der Waals surface area contributed by atoms with Crippen LogP contribution in [0.25, 0.3) is 11.1 Å². The first-order valence-electron chi connectivity index (χ1n) is 6.93. The van der Waals surface area contributed by atoms with Crippen molar-refractivity contribution in [1.29, 1.82) is 0 Å². The molecule has 2 nitrogen and oxygen atoms in total. The molecule has 0 fully saturated rings. The standard InChI is InChI=1S/C18H15Cl2NO/c1-11-2-4-12(5-3-11)18(22)16-10-21-9-15(16)14-7-6-13(19)8-17(14)20/h2-10,18,21-22H,1H3/t18-/m0/s1. The average molecular weight is 332 g/mol. The molecular weight excluding hydrogens is 317 g/mol. The Balaban J connectivity index is 2.03. The minimum Gasteiger partial charge on any atom is -0.384 e. The minimum atomic E-state index is -0.714. The van der Waals surface area contributed by atoms with Gasteiger partial charge in [-0.15, -0.1) is 0 Å². The van der Waals surface area contributed by atoms with Crippen molar-refractivity contribution in [3.63, 3.8) is 0 Å². The third-order valence-electron chi connectivity index (χ3n) is 3.69. The molecule has 0 saturated heterocycles. The van der Waals surface area contributed by atoms with Crippen molar-refractivity contribution in [3.05, 3.63) is 81.6 Å². The van der Waals surface area contributed by atoms with Gasteiger partial charge < -0.3 is 10.1 Å². The molecule has 2 aromatic carbocycles. The Labute approximate surface area is 139 Å². The predicted octanol–water partition coefficient (Wildman–Crippen LogP) is 5.38. The number of H-pyrrole nitrogens is 1. The molecule has 3 aromatic rings. The molecule has 0 aliphatic heterocycles. The molecule has 1 aromatic heterocycles. The molecule has 0 bridgehead atoms. The van der Waals surface area contributed by atoms with Gasteiger partial charge in [-0.25, -0.2) is 0 Å². The van der Waals surface area contributed by atoms with Gasteiger partial charge in [-0.05, 0) is 24.6 Å². The first kappa shape index (κ1) is 15.2. The molecule has 0 aliphatic carbocycles. The quantitative estimate of drug-likeness (QED) is 0.664. The number of aliphatic hydroxyl groups excluding tert-OH is 1. The SMILES string of the molecule is Cc1ccc([C@H](O)c2c[nH]cc2-c2ccc(Cl)cc2Cl)cc1. The van der Waals surface area contributed by atoms with Crippen LogP contribution in [0.2, 0.25) is 10.0 Å². The molecular formula is C18H15Cl2NO. The molecule has 0 aliphatic rings. The Hall–Kier alpha value is -1.74. The maximum atomic E-state index is 10.7. The normalized spacial score (nSPS) is 12.4. The van der Waals surface area contributed by atoms with Crippen LogP contribution < -0.4 is 0 Å². The van der Waals surface area contributed by atoms with Gasteiger partial charge in [-0.2, -0.15) is 0 Å². The summed E-state index contributed by atoms with van der Waals surface area (Å²) < 4.78 is 0. The summed E-state index contributed by atoms with van der Waals surface area (Å²) >= 11 is 12.2. The number of rotatable bonds is 3. The zero-order valence-electron chi connectivity index (χ0n) is 12.0. The number of aryl methyl sites for hydroxylation is 1. The van der Waals surface area contributed by atoms with Crippen LogP contribution >= 0.6 is 23.2 Å². The van der Waals surface area contributed by atoms with Crippen LogP contribution in [0.3, 0.4) is 0 Å². The molecule has 3 rings (SSSR count). The number of halogens is 2. The number of hydrogen-bond donors (Lipinski definition) is 2. The smallest absolute Gasteiger partial charge is 0.106 e. The average Bonchev–Trinajstić information content (AvgIpc) is 2.96. The third kappa shape index (κ3) is 2.91. The summed E-state index contributed by atoms with van der Waals surface area (Å²) in [6, 6.07) is 13.2. The molecule has 0 radical (unpaired) electrons. The topological polar surface area (TPSA) is 36.0 Å². The fourth-order valence-electron chi connectivity index (χ4n) is 2.47. The van der Waals surface area contributed by atoms with E-state index in [1.54, 1.807) is 18.3 Å². The van der Waals surface area contributed by atoms with E-state index in [2.05, 4.69) is 4.98 Å². The van der Waals surface area contributed by atoms with Gasteiger partial charge in [0.05, 0.1) is 0 Å². The van der Waals surface area contributed by atoms with Crippen LogP contribution in [-0.4, -0.2) is 10.1 Å². The maximum Gasteiger partial charge on any atom is 0.106 e. The second kappa shape index (κ2) is 6.17. The molecule has 4 heteroatoms. The maximum absolute atomic E-state index is 10.7. The highest BCUT2D eigenvalue weighted by molar-refractivity contribution is 6.36. The minimum absolute atomic E-state index is 0.560. The van der Waals surface area contributed by atoms with Gasteiger partial charge in [0.2, 0.25) is 0 Å². The highest BCUT2D eigenvalue weighted by Crippen LogP contribution is 2.36. The van der Waals surface area contributed by atoms with Gasteiger partial charge in [-0.1, -0.05) is 59.1 Å². The summed E-state index contributed by atoms with van der Waals surface area (Å²) in [5.41, 5.74) is 4.50. The molecule has 0 spiro atoms. The summed E-state index contributed by atoms with van der Waals surface area (Å²) in [5.74, 6) is 0. The van der Waals surface area contributed by atoms with E-state index < -0.39 is 6.10 Å². The molecule has 112 valence electrons. The molecule has 0 amide bonds. The summed E-state index contributed by atoms with van der Waals surface area (Å²) in [6.45, 7) is 2.02. The molecule has 1 heterocycles. The van der Waals surface area contributed by atoms with Crippen LogP contribution in [0.5, 0.6) is 0 Å². The number of aromatic amines is 1. The van der Waals surface area contributed by atoms with Crippen LogP contribution in [0.1, 0.15) is 22.8 Å². The highest BCUT2D eigenvalue weighted by Gasteiger charge is 2.18. The summed E-state index contributed by atoms with van der Waals surface area (Å²) in [7, 11) is 0. The van der Waals surface area contributed by atoms with Crippen molar-refractivity contribution >= 4 is 23.2 Å². The van der Waals surface area contributed by atoms with Gasteiger partial charge in [0.1, 0.15) is 6.10 Å². The van der Waals surface area contributed by atoms with Crippen molar-refractivity contribution < 1.29 is 5.11 Å². The van der Waals surface area contributed by atoms with E-state index in [0.717, 1.165) is 27.8 Å². The Morgan fingerprint density at radius 2 is 1.68 bits per heavy atom. The second-order valence-corrected chi connectivity index (χ2v) is 6.11. The first-order valence-corrected chi connectivity index (χ1v) is 7.68. The predicted molar refractivity (Wildman–Crippen MR) is 91.5 cm³/mol. The van der Waals surface area contributed by atoms with Crippen molar-refractivity contribution in [3.8, 4) is 11.1 Å². The Bertz CT molecular complexity index is 793. The highest BCUT2D eigenvalue weighted by atomic mass is 35.5. The Morgan fingerprint density at radius 3 is 2.36 bits per heavy atom. The Morgan fingerprint density at radius 1 is 0.955 bits per heavy atom. The first-order chi connectivity index (χ1) is 10.6. The molecule has 0 saturated carbocycles. The van der Waals surface area contributed by atoms with Crippen molar-refractivity contribution in [1.82, 2.24) is 4.98 Å². The zero-order valence-corrected chi connectivity index (χ0v) is 13.5. The van der Waals surface area contributed by atoms with E-state index in [-0.39, 0.29) is 0 Å². The van der Waals surface area contributed by atoms with Crippen LogP contribution in [0.4, 0.5) is 0 Å². The van der Waals surface area contributed by atoms with Crippen LogP contribution in [0, 0.1) is 6.92 Å². The van der Waals surface area contributed by atoms with E-state index in [4.69, 9.17) is 23.2 Å². The van der Waals surface area contributed by atoms with Crippen molar-refractivity contribution in [2.75, 3.05) is 0 Å². The number of aliphatic hydroxyl groups is 1. The lowest BCUT2D eigenvalue weighted by molar-refractivity contribution is 0.221. The number of hydrogen-bond acceptors (Lipinski definition) is 1. The van der Waals surface area contributed by atoms with E-state index in [1.807, 2.05) is 43.5 Å². The zero-order chi connectivity index (χ0) is 15.7. The third-order valence-corrected chi connectivity index (χ3v) is 4.23. The molecule has 0 unspecified atom stereocenters. The Kier molecular flexibility index (Phi) is 4.25. The van der Waals surface area contributed by atoms with E-state index >= 15 is 0 Å². The van der Waals surface area contributed by atoms with Crippen molar-refractivity contribution in [2.45, 2.75) is 13.0 Å². The fraction of sp³-hybridized carbons (Fsp3) is 0.111. The van der Waals surface area contributed by atoms with Gasteiger partial charge in [0, 0.05) is 39.1 Å². The van der Waals surface area contributed by atoms with Gasteiger partial charge in [0.25, 0.3) is 0 Å². The second-order valence-electron chi connectivity index (χ2n) is 5.26. The van der Waals surface area contributed by atoms with Gasteiger partial charge in [-0.3, -0.25) is 0 Å². The number of aromatic nitrogens is 1. The van der Waals surface area contributed by atoms with Crippen LogP contribution in [0.15, 0.2) is 54.9 Å². The number of benzene rings is 2. The number of nitrogens with one attached hydrogen (secondary N) is 1. The van der Waals surface area contributed by atoms with Gasteiger partial charge in [0.15, 0.2) is 0 Å². The van der Waals surface area contributed by atoms with E-state index in [9.17, 15) is 5.11 Å². The lowest BCUT2D eigenvalue weighted by Crippen LogP contribution is -2.00. The lowest BCUT2D eigenvalue weighted by Gasteiger charge is -2.13. The summed E-state index contributed by atoms with van der Waals surface area (Å²) in [6.07, 6.45) is 2.92. The largest absolute Gasteiger partial charge is 0.384 e. The lowest BCUT2D eigenvalue weighted by atomic mass is 9.96. The van der Waals surface area contributed by atoms with Gasteiger partial charge >= 0.3 is 0 Å². The fourth-order valence-corrected chi connectivity index (χ4v) is 2.98. The van der Waals surface area contributed by atoms with Crippen LogP contribution in [-0.2, 0) is 0 Å². The molecule has 1 atom stereocenters. The monoisotopic (exact) mass is 331 g/mol. The molecule has 2 N–H and O–H groups in total. The molecule has 22 heavy (non-hydrogen) atoms. The summed E-state index contributed by atoms with van der Waals surface area (Å²) in [5, 5.41) is 11.8. The summed E-state index contributed by atoms with van der Waals surface area (Å²) in [4.78, 5) is 3.05. The van der Waals surface area contributed by atoms with Crippen molar-refractivity contribution in [2.24, 2.45) is 0 Å². The van der Waals surface area contributed by atoms with E-state index in [1.165, 1.54) is 0 Å².